The highest BCUT2D eigenvalue weighted by molar-refractivity contribution is 7.99. The van der Waals surface area contributed by atoms with Crippen molar-refractivity contribution in [1.29, 1.82) is 0 Å². The van der Waals surface area contributed by atoms with Gasteiger partial charge in [-0.2, -0.15) is 0 Å². The van der Waals surface area contributed by atoms with Crippen molar-refractivity contribution in [3.8, 4) is 0 Å². The van der Waals surface area contributed by atoms with Gasteiger partial charge in [0.15, 0.2) is 0 Å². The highest BCUT2D eigenvalue weighted by Crippen LogP contribution is 2.19. The molecular weight excluding hydrogens is 372 g/mol. The number of nitrogens with zero attached hydrogens (tertiary/aromatic N) is 2. The van der Waals surface area contributed by atoms with Gasteiger partial charge >= 0.3 is 0 Å². The lowest BCUT2D eigenvalue weighted by Gasteiger charge is -2.22. The number of aromatic nitrogens is 1. The molecule has 0 radical (unpaired) electrons. The molecule has 1 aromatic carbocycles. The summed E-state index contributed by atoms with van der Waals surface area (Å²) < 4.78 is 0. The number of hydrogen-bond donors (Lipinski definition) is 0. The van der Waals surface area contributed by atoms with Crippen LogP contribution >= 0.6 is 23.1 Å². The van der Waals surface area contributed by atoms with Crippen molar-refractivity contribution in [2.24, 2.45) is 0 Å². The summed E-state index contributed by atoms with van der Waals surface area (Å²) in [6, 6.07) is 20.5. The fraction of sp³-hybridized carbons (Fsp3) is 0.273. The van der Waals surface area contributed by atoms with Crippen molar-refractivity contribution in [3.63, 3.8) is 0 Å². The fourth-order valence-corrected chi connectivity index (χ4v) is 4.52. The van der Waals surface area contributed by atoms with Gasteiger partial charge in [-0.05, 0) is 43.2 Å². The van der Waals surface area contributed by atoms with Crippen LogP contribution in [0.4, 0.5) is 0 Å². The molecule has 140 valence electrons. The summed E-state index contributed by atoms with van der Waals surface area (Å²) in [5.74, 6) is 1.44. The average molecular weight is 397 g/mol. The van der Waals surface area contributed by atoms with Crippen LogP contribution in [0.3, 0.4) is 0 Å². The van der Waals surface area contributed by atoms with E-state index in [1.165, 1.54) is 15.3 Å². The smallest absolute Gasteiger partial charge is 0.232 e. The lowest BCUT2D eigenvalue weighted by Crippen LogP contribution is -2.33. The number of thiophene rings is 1. The molecule has 2 heterocycles. The Balaban J connectivity index is 1.58. The third-order valence-electron chi connectivity index (χ3n) is 4.21. The Morgan fingerprint density at radius 3 is 2.59 bits per heavy atom. The quantitative estimate of drug-likeness (QED) is 0.513. The van der Waals surface area contributed by atoms with Gasteiger partial charge in [0.1, 0.15) is 0 Å². The Kier molecular flexibility index (Phi) is 7.48. The Bertz CT molecular complexity index is 834. The second-order valence-electron chi connectivity index (χ2n) is 6.38. The minimum Gasteiger partial charge on any atom is -0.337 e. The first-order chi connectivity index (χ1) is 13.2. The van der Waals surface area contributed by atoms with Crippen molar-refractivity contribution in [2.45, 2.75) is 25.6 Å². The molecular formula is C22H24N2OS2. The highest BCUT2D eigenvalue weighted by atomic mass is 32.2. The SMILES string of the molecule is Cc1ccc(CN(CCc2ccccc2)C(=O)CSCc2ccccn2)s1. The summed E-state index contributed by atoms with van der Waals surface area (Å²) in [7, 11) is 0. The molecule has 0 aliphatic rings. The van der Waals surface area contributed by atoms with Gasteiger partial charge in [0.25, 0.3) is 0 Å². The van der Waals surface area contributed by atoms with E-state index in [9.17, 15) is 4.79 Å². The molecule has 0 aliphatic carbocycles. The topological polar surface area (TPSA) is 33.2 Å². The van der Waals surface area contributed by atoms with Gasteiger partial charge in [0, 0.05) is 28.2 Å². The maximum absolute atomic E-state index is 12.9. The molecule has 0 spiro atoms. The molecule has 3 rings (SSSR count). The summed E-state index contributed by atoms with van der Waals surface area (Å²) >= 11 is 3.40. The summed E-state index contributed by atoms with van der Waals surface area (Å²) in [6.07, 6.45) is 2.67. The normalized spacial score (nSPS) is 10.7. The van der Waals surface area contributed by atoms with E-state index in [1.54, 1.807) is 29.3 Å². The zero-order valence-corrected chi connectivity index (χ0v) is 17.1. The van der Waals surface area contributed by atoms with Crippen LogP contribution < -0.4 is 0 Å². The molecule has 0 aliphatic heterocycles. The van der Waals surface area contributed by atoms with Crippen LogP contribution in [-0.4, -0.2) is 28.1 Å². The first kappa shape index (κ1) is 19.6. The Morgan fingerprint density at radius 2 is 1.89 bits per heavy atom. The molecule has 0 saturated carbocycles. The van der Waals surface area contributed by atoms with Crippen LogP contribution in [-0.2, 0) is 23.5 Å². The predicted octanol–water partition coefficient (Wildman–Crippen LogP) is 4.96. The first-order valence-electron chi connectivity index (χ1n) is 9.05. The molecule has 0 N–H and O–H groups in total. The third kappa shape index (κ3) is 6.52. The molecule has 27 heavy (non-hydrogen) atoms. The molecule has 0 bridgehead atoms. The van der Waals surface area contributed by atoms with Crippen LogP contribution in [0.2, 0.25) is 0 Å². The number of hydrogen-bond acceptors (Lipinski definition) is 4. The van der Waals surface area contributed by atoms with Crippen LogP contribution in [0.15, 0.2) is 66.9 Å². The second-order valence-corrected chi connectivity index (χ2v) is 8.74. The Hall–Kier alpha value is -2.11. The number of rotatable bonds is 9. The van der Waals surface area contributed by atoms with E-state index in [1.807, 2.05) is 41.3 Å². The van der Waals surface area contributed by atoms with Gasteiger partial charge in [0.05, 0.1) is 18.0 Å². The zero-order valence-electron chi connectivity index (χ0n) is 15.5. The van der Waals surface area contributed by atoms with Crippen molar-refractivity contribution < 1.29 is 4.79 Å². The minimum atomic E-state index is 0.193. The fourth-order valence-electron chi connectivity index (χ4n) is 2.78. The molecule has 5 heteroatoms. The Labute approximate surface area is 169 Å². The van der Waals surface area contributed by atoms with E-state index >= 15 is 0 Å². The number of carbonyl (C=O) groups is 1. The van der Waals surface area contributed by atoms with Crippen molar-refractivity contribution in [3.05, 3.63) is 87.9 Å². The monoisotopic (exact) mass is 396 g/mol. The van der Waals surface area contributed by atoms with E-state index in [4.69, 9.17) is 0 Å². The number of aryl methyl sites for hydroxylation is 1. The summed E-state index contributed by atoms with van der Waals surface area (Å²) in [6.45, 7) is 3.53. The van der Waals surface area contributed by atoms with E-state index in [0.29, 0.717) is 12.3 Å². The zero-order chi connectivity index (χ0) is 18.9. The molecule has 3 aromatic rings. The van der Waals surface area contributed by atoms with Gasteiger partial charge in [-0.3, -0.25) is 9.78 Å². The van der Waals surface area contributed by atoms with E-state index in [0.717, 1.165) is 24.4 Å². The summed E-state index contributed by atoms with van der Waals surface area (Å²) in [4.78, 5) is 21.7. The third-order valence-corrected chi connectivity index (χ3v) is 6.15. The Morgan fingerprint density at radius 1 is 1.07 bits per heavy atom. The standard InChI is InChI=1S/C22H24N2OS2/c1-18-10-11-21(27-18)15-24(14-12-19-7-3-2-4-8-19)22(25)17-26-16-20-9-5-6-13-23-20/h2-11,13H,12,14-17H2,1H3. The van der Waals surface area contributed by atoms with Crippen molar-refractivity contribution in [2.75, 3.05) is 12.3 Å². The second kappa shape index (κ2) is 10.3. The maximum atomic E-state index is 12.9. The van der Waals surface area contributed by atoms with E-state index in [-0.39, 0.29) is 5.91 Å². The van der Waals surface area contributed by atoms with E-state index in [2.05, 4.69) is 36.2 Å². The minimum absolute atomic E-state index is 0.193. The molecule has 0 unspecified atom stereocenters. The van der Waals surface area contributed by atoms with Gasteiger partial charge in [-0.1, -0.05) is 36.4 Å². The summed E-state index contributed by atoms with van der Waals surface area (Å²) in [5.41, 5.74) is 2.28. The molecule has 1 amide bonds. The number of amides is 1. The number of benzene rings is 1. The first-order valence-corrected chi connectivity index (χ1v) is 11.0. The van der Waals surface area contributed by atoms with Gasteiger partial charge < -0.3 is 4.90 Å². The molecule has 2 aromatic heterocycles. The summed E-state index contributed by atoms with van der Waals surface area (Å²) in [5, 5.41) is 0. The molecule has 0 saturated heterocycles. The lowest BCUT2D eigenvalue weighted by molar-refractivity contribution is -0.128. The molecule has 3 nitrogen and oxygen atoms in total. The van der Waals surface area contributed by atoms with Crippen LogP contribution in [0.1, 0.15) is 21.0 Å². The lowest BCUT2D eigenvalue weighted by atomic mass is 10.1. The number of pyridine rings is 1. The largest absolute Gasteiger partial charge is 0.337 e. The average Bonchev–Trinajstić information content (AvgIpc) is 3.11. The van der Waals surface area contributed by atoms with E-state index < -0.39 is 0 Å². The van der Waals surface area contributed by atoms with Crippen molar-refractivity contribution >= 4 is 29.0 Å². The highest BCUT2D eigenvalue weighted by Gasteiger charge is 2.15. The number of thioether (sulfide) groups is 1. The maximum Gasteiger partial charge on any atom is 0.232 e. The van der Waals surface area contributed by atoms with Crippen LogP contribution in [0, 0.1) is 6.92 Å². The predicted molar refractivity (Wildman–Crippen MR) is 115 cm³/mol. The molecule has 0 atom stereocenters. The molecule has 0 fully saturated rings. The van der Waals surface area contributed by atoms with Gasteiger partial charge in [0.2, 0.25) is 5.91 Å². The number of carbonyl (C=O) groups excluding carboxylic acids is 1. The van der Waals surface area contributed by atoms with Crippen LogP contribution in [0.5, 0.6) is 0 Å². The van der Waals surface area contributed by atoms with Gasteiger partial charge in [-0.25, -0.2) is 0 Å². The van der Waals surface area contributed by atoms with Crippen LogP contribution in [0.25, 0.3) is 0 Å². The van der Waals surface area contributed by atoms with Crippen molar-refractivity contribution in [1.82, 2.24) is 9.88 Å². The van der Waals surface area contributed by atoms with Gasteiger partial charge in [-0.15, -0.1) is 23.1 Å².